The number of nitrogens with zero attached hydrogens (tertiary/aromatic N) is 2. The van der Waals surface area contributed by atoms with Crippen LogP contribution in [0.2, 0.25) is 0 Å². The number of benzene rings is 1. The van der Waals surface area contributed by atoms with Gasteiger partial charge in [-0.1, -0.05) is 12.1 Å². The van der Waals surface area contributed by atoms with Crippen LogP contribution in [-0.2, 0) is 16.6 Å². The molecular weight excluding hydrogens is 276 g/mol. The quantitative estimate of drug-likeness (QED) is 0.886. The molecule has 106 valence electrons. The third kappa shape index (κ3) is 3.31. The van der Waals surface area contributed by atoms with Gasteiger partial charge in [0.1, 0.15) is 0 Å². The van der Waals surface area contributed by atoms with Crippen molar-refractivity contribution in [1.82, 2.24) is 9.97 Å². The molecule has 2 aromatic rings. The van der Waals surface area contributed by atoms with Gasteiger partial charge in [-0.3, -0.25) is 0 Å². The molecule has 0 aliphatic heterocycles. The highest BCUT2D eigenvalue weighted by Gasteiger charge is 2.15. The van der Waals surface area contributed by atoms with Crippen molar-refractivity contribution < 1.29 is 8.42 Å². The van der Waals surface area contributed by atoms with Gasteiger partial charge in [-0.2, -0.15) is 0 Å². The normalized spacial score (nSPS) is 11.3. The summed E-state index contributed by atoms with van der Waals surface area (Å²) < 4.78 is 26.8. The summed E-state index contributed by atoms with van der Waals surface area (Å²) in [7, 11) is -3.69. The molecular formula is C13H16N4O2S. The Morgan fingerprint density at radius 3 is 2.15 bits per heavy atom. The summed E-state index contributed by atoms with van der Waals surface area (Å²) in [6.07, 6.45) is 0. The zero-order valence-corrected chi connectivity index (χ0v) is 12.1. The van der Waals surface area contributed by atoms with Crippen LogP contribution in [0, 0.1) is 13.8 Å². The van der Waals surface area contributed by atoms with E-state index in [-0.39, 0.29) is 10.8 Å². The molecule has 0 saturated heterocycles. The number of hydrogen-bond acceptors (Lipinski definition) is 5. The van der Waals surface area contributed by atoms with Crippen molar-refractivity contribution >= 4 is 16.0 Å². The maximum Gasteiger partial charge on any atom is 0.264 e. The summed E-state index contributed by atoms with van der Waals surface area (Å²) in [5, 5.41) is 0. The lowest BCUT2D eigenvalue weighted by Gasteiger charge is -2.08. The van der Waals surface area contributed by atoms with Crippen molar-refractivity contribution in [2.45, 2.75) is 25.3 Å². The molecule has 0 aliphatic rings. The molecule has 3 N–H and O–H groups in total. The number of nitrogens with two attached hydrogens (primary N) is 1. The lowest BCUT2D eigenvalue weighted by molar-refractivity contribution is 0.600. The molecule has 0 bridgehead atoms. The Kier molecular flexibility index (Phi) is 4.01. The van der Waals surface area contributed by atoms with Gasteiger partial charge in [0, 0.05) is 17.9 Å². The van der Waals surface area contributed by atoms with Gasteiger partial charge in [0.25, 0.3) is 10.0 Å². The molecule has 2 rings (SSSR count). The summed E-state index contributed by atoms with van der Waals surface area (Å²) >= 11 is 0. The van der Waals surface area contributed by atoms with Gasteiger partial charge < -0.3 is 5.73 Å². The summed E-state index contributed by atoms with van der Waals surface area (Å²) in [6, 6.07) is 8.14. The van der Waals surface area contributed by atoms with Crippen molar-refractivity contribution in [3.63, 3.8) is 0 Å². The van der Waals surface area contributed by atoms with E-state index in [0.717, 1.165) is 5.56 Å². The van der Waals surface area contributed by atoms with Crippen LogP contribution < -0.4 is 10.5 Å². The van der Waals surface area contributed by atoms with E-state index in [4.69, 9.17) is 5.73 Å². The maximum absolute atomic E-state index is 12.2. The van der Waals surface area contributed by atoms with E-state index in [1.165, 1.54) is 12.1 Å². The first-order valence-corrected chi connectivity index (χ1v) is 7.53. The average molecular weight is 292 g/mol. The Labute approximate surface area is 118 Å². The van der Waals surface area contributed by atoms with Gasteiger partial charge in [-0.25, -0.2) is 23.1 Å². The third-order valence-electron chi connectivity index (χ3n) is 2.68. The molecule has 1 aromatic carbocycles. The second-order valence-corrected chi connectivity index (χ2v) is 6.11. The highest BCUT2D eigenvalue weighted by Crippen LogP contribution is 2.14. The summed E-state index contributed by atoms with van der Waals surface area (Å²) in [5.41, 5.74) is 7.75. The third-order valence-corrected chi connectivity index (χ3v) is 4.02. The molecule has 0 fully saturated rings. The predicted molar refractivity (Wildman–Crippen MR) is 76.6 cm³/mol. The molecule has 0 amide bonds. The van der Waals surface area contributed by atoms with E-state index in [2.05, 4.69) is 14.7 Å². The smallest absolute Gasteiger partial charge is 0.264 e. The van der Waals surface area contributed by atoms with Crippen molar-refractivity contribution in [2.75, 3.05) is 4.72 Å². The van der Waals surface area contributed by atoms with Crippen LogP contribution in [0.15, 0.2) is 35.2 Å². The van der Waals surface area contributed by atoms with E-state index >= 15 is 0 Å². The fraction of sp³-hybridized carbons (Fsp3) is 0.231. The Hall–Kier alpha value is -1.99. The lowest BCUT2D eigenvalue weighted by atomic mass is 10.2. The zero-order chi connectivity index (χ0) is 14.8. The lowest BCUT2D eigenvalue weighted by Crippen LogP contribution is -2.15. The number of rotatable bonds is 4. The highest BCUT2D eigenvalue weighted by molar-refractivity contribution is 7.92. The molecule has 0 spiro atoms. The van der Waals surface area contributed by atoms with E-state index in [0.29, 0.717) is 17.9 Å². The van der Waals surface area contributed by atoms with Crippen LogP contribution in [-0.4, -0.2) is 18.4 Å². The minimum Gasteiger partial charge on any atom is -0.326 e. The Morgan fingerprint density at radius 2 is 1.65 bits per heavy atom. The summed E-state index contributed by atoms with van der Waals surface area (Å²) in [5.74, 6) is 0.0744. The summed E-state index contributed by atoms with van der Waals surface area (Å²) in [6.45, 7) is 3.93. The fourth-order valence-corrected chi connectivity index (χ4v) is 2.70. The van der Waals surface area contributed by atoms with Gasteiger partial charge >= 0.3 is 0 Å². The minimum absolute atomic E-state index is 0.0744. The second kappa shape index (κ2) is 5.56. The molecule has 20 heavy (non-hydrogen) atoms. The SMILES string of the molecule is Cc1cc(C)nc(NS(=O)(=O)c2ccc(CN)cc2)n1. The number of hydrogen-bond donors (Lipinski definition) is 2. The van der Waals surface area contributed by atoms with Crippen LogP contribution in [0.3, 0.4) is 0 Å². The Bertz CT molecular complexity index is 691. The predicted octanol–water partition coefficient (Wildman–Crippen LogP) is 1.35. The number of nitrogens with one attached hydrogen (secondary N) is 1. The van der Waals surface area contributed by atoms with Crippen LogP contribution >= 0.6 is 0 Å². The largest absolute Gasteiger partial charge is 0.326 e. The molecule has 0 atom stereocenters. The minimum atomic E-state index is -3.69. The van der Waals surface area contributed by atoms with E-state index in [1.807, 2.05) is 0 Å². The van der Waals surface area contributed by atoms with Gasteiger partial charge in [-0.05, 0) is 37.6 Å². The average Bonchev–Trinajstić information content (AvgIpc) is 2.37. The Morgan fingerprint density at radius 1 is 1.10 bits per heavy atom. The van der Waals surface area contributed by atoms with Gasteiger partial charge in [0.2, 0.25) is 5.95 Å². The monoisotopic (exact) mass is 292 g/mol. The molecule has 1 aromatic heterocycles. The van der Waals surface area contributed by atoms with E-state index in [9.17, 15) is 8.42 Å². The standard InChI is InChI=1S/C13H16N4O2S/c1-9-7-10(2)16-13(15-9)17-20(18,19)12-5-3-11(8-14)4-6-12/h3-7H,8,14H2,1-2H3,(H,15,16,17). The first-order chi connectivity index (χ1) is 9.40. The van der Waals surface area contributed by atoms with Crippen LogP contribution in [0.1, 0.15) is 17.0 Å². The Balaban J connectivity index is 2.30. The molecule has 0 unspecified atom stereocenters. The number of aryl methyl sites for hydroxylation is 2. The fourth-order valence-electron chi connectivity index (χ4n) is 1.76. The number of aromatic nitrogens is 2. The van der Waals surface area contributed by atoms with E-state index in [1.54, 1.807) is 32.0 Å². The molecule has 0 radical (unpaired) electrons. The van der Waals surface area contributed by atoms with Crippen LogP contribution in [0.5, 0.6) is 0 Å². The van der Waals surface area contributed by atoms with E-state index < -0.39 is 10.0 Å². The zero-order valence-electron chi connectivity index (χ0n) is 11.3. The first kappa shape index (κ1) is 14.4. The van der Waals surface area contributed by atoms with Gasteiger partial charge in [0.05, 0.1) is 4.90 Å². The molecule has 7 heteroatoms. The van der Waals surface area contributed by atoms with Crippen LogP contribution in [0.25, 0.3) is 0 Å². The van der Waals surface area contributed by atoms with Gasteiger partial charge in [0.15, 0.2) is 0 Å². The highest BCUT2D eigenvalue weighted by atomic mass is 32.2. The molecule has 0 aliphatic carbocycles. The van der Waals surface area contributed by atoms with Crippen LogP contribution in [0.4, 0.5) is 5.95 Å². The first-order valence-electron chi connectivity index (χ1n) is 6.05. The molecule has 0 saturated carbocycles. The number of anilines is 1. The van der Waals surface area contributed by atoms with Crippen molar-refractivity contribution in [3.8, 4) is 0 Å². The van der Waals surface area contributed by atoms with Crippen molar-refractivity contribution in [2.24, 2.45) is 5.73 Å². The second-order valence-electron chi connectivity index (χ2n) is 4.43. The topological polar surface area (TPSA) is 98.0 Å². The van der Waals surface area contributed by atoms with Crippen molar-refractivity contribution in [1.29, 1.82) is 0 Å². The maximum atomic E-state index is 12.2. The molecule has 6 nitrogen and oxygen atoms in total. The number of sulfonamides is 1. The van der Waals surface area contributed by atoms with Crippen molar-refractivity contribution in [3.05, 3.63) is 47.3 Å². The van der Waals surface area contributed by atoms with Gasteiger partial charge in [-0.15, -0.1) is 0 Å². The summed E-state index contributed by atoms with van der Waals surface area (Å²) in [4.78, 5) is 8.26. The molecule has 1 heterocycles.